The van der Waals surface area contributed by atoms with Crippen molar-refractivity contribution in [2.75, 3.05) is 13.1 Å². The lowest BCUT2D eigenvalue weighted by molar-refractivity contribution is -0.132. The molecule has 0 atom stereocenters. The van der Waals surface area contributed by atoms with Crippen molar-refractivity contribution in [3.8, 4) is 0 Å². The van der Waals surface area contributed by atoms with Crippen molar-refractivity contribution in [3.05, 3.63) is 41.9 Å². The molecule has 124 valence electrons. The van der Waals surface area contributed by atoms with Crippen molar-refractivity contribution in [1.29, 1.82) is 0 Å². The molecule has 7 heteroatoms. The van der Waals surface area contributed by atoms with Crippen LogP contribution in [0.2, 0.25) is 0 Å². The molecule has 1 aromatic carbocycles. The minimum Gasteiger partial charge on any atom is -0.343 e. The van der Waals surface area contributed by atoms with Crippen molar-refractivity contribution in [2.45, 2.75) is 31.7 Å². The maximum Gasteiger partial charge on any atom is 0.222 e. The first kappa shape index (κ1) is 15.3. The molecule has 0 bridgehead atoms. The van der Waals surface area contributed by atoms with Gasteiger partial charge in [0.05, 0.1) is 21.3 Å². The number of carbonyl (C=O) groups excluding carboxylic acids is 1. The van der Waals surface area contributed by atoms with Gasteiger partial charge in [-0.05, 0) is 25.0 Å². The third kappa shape index (κ3) is 3.17. The summed E-state index contributed by atoms with van der Waals surface area (Å²) >= 11 is 1.68. The predicted molar refractivity (Wildman–Crippen MR) is 92.8 cm³/mol. The molecule has 1 amide bonds. The summed E-state index contributed by atoms with van der Waals surface area (Å²) in [6.07, 6.45) is 6.46. The highest BCUT2D eigenvalue weighted by Crippen LogP contribution is 2.24. The molecule has 1 fully saturated rings. The van der Waals surface area contributed by atoms with Crippen LogP contribution < -0.4 is 0 Å². The van der Waals surface area contributed by atoms with Gasteiger partial charge in [0, 0.05) is 25.9 Å². The zero-order valence-electron chi connectivity index (χ0n) is 13.3. The fourth-order valence-electron chi connectivity index (χ4n) is 3.18. The lowest BCUT2D eigenvalue weighted by atomic mass is 10.0. The number of nitrogens with zero attached hydrogens (tertiary/aromatic N) is 5. The van der Waals surface area contributed by atoms with E-state index >= 15 is 0 Å². The molecule has 0 radical (unpaired) electrons. The minimum absolute atomic E-state index is 0.228. The van der Waals surface area contributed by atoms with E-state index in [1.54, 1.807) is 24.0 Å². The molecule has 0 unspecified atom stereocenters. The number of thiazole rings is 1. The largest absolute Gasteiger partial charge is 0.343 e. The fraction of sp³-hybridized carbons (Fsp3) is 0.412. The summed E-state index contributed by atoms with van der Waals surface area (Å²) in [5.41, 5.74) is 1.03. The number of fused-ring (bicyclic) bond motifs is 1. The van der Waals surface area contributed by atoms with E-state index < -0.39 is 0 Å². The molecule has 4 rings (SSSR count). The fourth-order valence-corrected chi connectivity index (χ4v) is 4.15. The standard InChI is InChI=1S/C17H19N5OS/c23-17(6-5-16-20-14-3-1-2-4-15(14)24-16)21-9-7-13(8-10-21)22-12-18-11-19-22/h1-4,11-13H,5-10H2. The Morgan fingerprint density at radius 1 is 1.25 bits per heavy atom. The summed E-state index contributed by atoms with van der Waals surface area (Å²) in [4.78, 5) is 23.0. The van der Waals surface area contributed by atoms with Crippen LogP contribution in [0.3, 0.4) is 0 Å². The Bertz CT molecular complexity index is 788. The molecule has 6 nitrogen and oxygen atoms in total. The van der Waals surface area contributed by atoms with E-state index in [-0.39, 0.29) is 5.91 Å². The number of likely N-dealkylation sites (tertiary alicyclic amines) is 1. The Morgan fingerprint density at radius 2 is 2.08 bits per heavy atom. The van der Waals surface area contributed by atoms with Crippen LogP contribution in [0.1, 0.15) is 30.3 Å². The number of hydrogen-bond acceptors (Lipinski definition) is 5. The summed E-state index contributed by atoms with van der Waals surface area (Å²) in [6, 6.07) is 8.48. The second-order valence-electron chi connectivity index (χ2n) is 6.06. The van der Waals surface area contributed by atoms with Crippen LogP contribution in [0.15, 0.2) is 36.9 Å². The molecule has 2 aromatic heterocycles. The van der Waals surface area contributed by atoms with Gasteiger partial charge in [-0.25, -0.2) is 14.6 Å². The van der Waals surface area contributed by atoms with Crippen LogP contribution in [0.25, 0.3) is 10.2 Å². The lowest BCUT2D eigenvalue weighted by Gasteiger charge is -2.31. The summed E-state index contributed by atoms with van der Waals surface area (Å²) in [6.45, 7) is 1.59. The Kier molecular flexibility index (Phi) is 4.25. The molecule has 1 aliphatic rings. The Labute approximate surface area is 144 Å². The van der Waals surface area contributed by atoms with Gasteiger partial charge in [-0.2, -0.15) is 5.10 Å². The molecule has 0 spiro atoms. The van der Waals surface area contributed by atoms with E-state index in [2.05, 4.69) is 21.1 Å². The molecule has 0 N–H and O–H groups in total. The van der Waals surface area contributed by atoms with Gasteiger partial charge in [0.2, 0.25) is 5.91 Å². The van der Waals surface area contributed by atoms with Gasteiger partial charge in [-0.15, -0.1) is 11.3 Å². The van der Waals surface area contributed by atoms with E-state index in [9.17, 15) is 4.79 Å². The van der Waals surface area contributed by atoms with Crippen LogP contribution in [0, 0.1) is 0 Å². The Balaban J connectivity index is 1.30. The smallest absolute Gasteiger partial charge is 0.222 e. The number of carbonyl (C=O) groups is 1. The lowest BCUT2D eigenvalue weighted by Crippen LogP contribution is -2.39. The first-order chi connectivity index (χ1) is 11.8. The van der Waals surface area contributed by atoms with Gasteiger partial charge < -0.3 is 4.90 Å². The van der Waals surface area contributed by atoms with Crippen LogP contribution >= 0.6 is 11.3 Å². The van der Waals surface area contributed by atoms with E-state index in [1.807, 2.05) is 27.8 Å². The third-order valence-electron chi connectivity index (χ3n) is 4.52. The first-order valence-corrected chi connectivity index (χ1v) is 9.07. The van der Waals surface area contributed by atoms with Crippen LogP contribution in [0.4, 0.5) is 0 Å². The van der Waals surface area contributed by atoms with Crippen molar-refractivity contribution in [3.63, 3.8) is 0 Å². The van der Waals surface area contributed by atoms with Gasteiger partial charge in [-0.3, -0.25) is 4.79 Å². The maximum atomic E-state index is 12.4. The number of rotatable bonds is 4. The van der Waals surface area contributed by atoms with Crippen LogP contribution in [-0.4, -0.2) is 43.6 Å². The second kappa shape index (κ2) is 6.68. The topological polar surface area (TPSA) is 63.9 Å². The molecule has 24 heavy (non-hydrogen) atoms. The summed E-state index contributed by atoms with van der Waals surface area (Å²) in [5, 5.41) is 5.25. The van der Waals surface area contributed by atoms with Crippen LogP contribution in [-0.2, 0) is 11.2 Å². The summed E-state index contributed by atoms with van der Waals surface area (Å²) in [5.74, 6) is 0.228. The SMILES string of the molecule is O=C(CCc1nc2ccccc2s1)N1CCC(n2cncn2)CC1. The molecule has 3 heterocycles. The normalized spacial score (nSPS) is 15.9. The quantitative estimate of drug-likeness (QED) is 0.732. The molecule has 3 aromatic rings. The number of benzene rings is 1. The maximum absolute atomic E-state index is 12.4. The number of piperidine rings is 1. The van der Waals surface area contributed by atoms with Gasteiger partial charge in [-0.1, -0.05) is 12.1 Å². The number of aryl methyl sites for hydroxylation is 1. The van der Waals surface area contributed by atoms with Gasteiger partial charge >= 0.3 is 0 Å². The van der Waals surface area contributed by atoms with Crippen molar-refractivity contribution >= 4 is 27.5 Å². The second-order valence-corrected chi connectivity index (χ2v) is 7.18. The highest BCUT2D eigenvalue weighted by Gasteiger charge is 2.24. The van der Waals surface area contributed by atoms with Gasteiger partial charge in [0.25, 0.3) is 0 Å². The highest BCUT2D eigenvalue weighted by atomic mass is 32.1. The van der Waals surface area contributed by atoms with E-state index in [0.29, 0.717) is 12.5 Å². The Hall–Kier alpha value is -2.28. The number of amides is 1. The van der Waals surface area contributed by atoms with E-state index in [1.165, 1.54) is 4.70 Å². The average Bonchev–Trinajstić information content (AvgIpc) is 3.29. The van der Waals surface area contributed by atoms with Crippen LogP contribution in [0.5, 0.6) is 0 Å². The van der Waals surface area contributed by atoms with Gasteiger partial charge in [0.1, 0.15) is 12.7 Å². The van der Waals surface area contributed by atoms with E-state index in [4.69, 9.17) is 0 Å². The molecular weight excluding hydrogens is 322 g/mol. The van der Waals surface area contributed by atoms with Gasteiger partial charge in [0.15, 0.2) is 0 Å². The molecule has 0 saturated carbocycles. The Morgan fingerprint density at radius 3 is 2.83 bits per heavy atom. The molecule has 0 aliphatic carbocycles. The zero-order chi connectivity index (χ0) is 16.4. The minimum atomic E-state index is 0.228. The number of aromatic nitrogens is 4. The average molecular weight is 341 g/mol. The monoisotopic (exact) mass is 341 g/mol. The van der Waals surface area contributed by atoms with Crippen molar-refractivity contribution in [2.24, 2.45) is 0 Å². The first-order valence-electron chi connectivity index (χ1n) is 8.26. The van der Waals surface area contributed by atoms with Crippen molar-refractivity contribution < 1.29 is 4.79 Å². The number of hydrogen-bond donors (Lipinski definition) is 0. The van der Waals surface area contributed by atoms with E-state index in [0.717, 1.165) is 42.9 Å². The summed E-state index contributed by atoms with van der Waals surface area (Å²) in [7, 11) is 0. The molecular formula is C17H19N5OS. The summed E-state index contributed by atoms with van der Waals surface area (Å²) < 4.78 is 3.09. The highest BCUT2D eigenvalue weighted by molar-refractivity contribution is 7.18. The predicted octanol–water partition coefficient (Wildman–Crippen LogP) is 2.68. The zero-order valence-corrected chi connectivity index (χ0v) is 14.2. The molecule has 1 aliphatic heterocycles. The number of para-hydroxylation sites is 1. The molecule has 1 saturated heterocycles. The van der Waals surface area contributed by atoms with Crippen molar-refractivity contribution in [1.82, 2.24) is 24.6 Å². The third-order valence-corrected chi connectivity index (χ3v) is 5.61.